The Labute approximate surface area is 371 Å². The number of nitrogens with zero attached hydrogens (tertiary/aromatic N) is 6. The van der Waals surface area contributed by atoms with Gasteiger partial charge in [0.2, 0.25) is 0 Å². The second kappa shape index (κ2) is 17.0. The molecule has 10 heteroatoms. The number of H-pyrrole nitrogens is 1. The second-order valence-electron chi connectivity index (χ2n) is 21.9. The summed E-state index contributed by atoms with van der Waals surface area (Å²) in [7, 11) is 2.19. The quantitative estimate of drug-likeness (QED) is 0.171. The van der Waals surface area contributed by atoms with Crippen molar-refractivity contribution in [1.29, 1.82) is 0 Å². The fourth-order valence-electron chi connectivity index (χ4n) is 10.1. The highest BCUT2D eigenvalue weighted by Crippen LogP contribution is 2.46. The first-order valence-electron chi connectivity index (χ1n) is 23.4. The van der Waals surface area contributed by atoms with Crippen LogP contribution in [0.1, 0.15) is 81.6 Å². The monoisotopic (exact) mass is 844 g/mol. The number of fused-ring (bicyclic) bond motifs is 1. The number of piperazine rings is 2. The number of nitrogens with one attached hydrogen (secondary N) is 1. The zero-order valence-corrected chi connectivity index (χ0v) is 39.4. The van der Waals surface area contributed by atoms with Gasteiger partial charge in [-0.15, -0.1) is 0 Å². The van der Waals surface area contributed by atoms with Gasteiger partial charge < -0.3 is 29.3 Å². The predicted molar refractivity (Wildman–Crippen MR) is 252 cm³/mol. The molecule has 4 heterocycles. The summed E-state index contributed by atoms with van der Waals surface area (Å²) in [4.78, 5) is 48.2. The van der Waals surface area contributed by atoms with E-state index in [0.717, 1.165) is 130 Å². The molecule has 0 spiro atoms. The molecule has 3 aliphatic heterocycles. The van der Waals surface area contributed by atoms with Crippen molar-refractivity contribution in [2.75, 3.05) is 90.5 Å². The third-order valence-corrected chi connectivity index (χ3v) is 16.2. The average Bonchev–Trinajstić information content (AvgIpc) is 3.59. The number of hydrogen-bond donors (Lipinski definition) is 1. The molecule has 2 unspecified atom stereocenters. The van der Waals surface area contributed by atoms with E-state index < -0.39 is 0 Å². The Morgan fingerprint density at radius 3 is 2.05 bits per heavy atom. The molecule has 2 aromatic carbocycles. The van der Waals surface area contributed by atoms with Gasteiger partial charge in [0.25, 0.3) is 11.8 Å². The van der Waals surface area contributed by atoms with E-state index >= 15 is 0 Å². The number of aromatic amines is 1. The molecular formula is C52H73N7O3. The number of carbonyl (C=O) groups is 2. The standard InChI is InChI=1S/C52H73N7O3/c1-36-13-11-15-41-45-40(36)14-12-16-42(45)48(61)59(47(41)60)34-51(6,7)49(2,3)32-56-25-27-57(28-26-56)33-50(4,5)52(8,9)35-62-39-20-17-37(18-21-39)46-53-43-22-19-38(31-44(43)54-46)58-29-23-55(10)24-30-58/h12,15-22,31,36,40H,11,13-14,23-30,32-35H2,1-10H3,(H,53,54). The minimum atomic E-state index is -0.293. The molecule has 334 valence electrons. The molecule has 1 aromatic heterocycles. The molecule has 3 aromatic rings. The SMILES string of the molecule is CC1CCC=C2C(=O)N(CC(C)(C)C(C)(C)CN3CCN(CC(C)(C)C(C)(C)COc4ccc(-c5nc6ccc(N7CCN(C)CC7)cc6[nH]5)cc4)CC3)C(=O)C3=C2C1CC=C3. The first-order valence-corrected chi connectivity index (χ1v) is 23.4. The molecule has 0 radical (unpaired) electrons. The number of amides is 2. The fraction of sp³-hybridized carbons (Fsp3) is 0.596. The molecular weight excluding hydrogens is 771 g/mol. The summed E-state index contributed by atoms with van der Waals surface area (Å²) >= 11 is 0. The lowest BCUT2D eigenvalue weighted by molar-refractivity contribution is -0.144. The highest BCUT2D eigenvalue weighted by molar-refractivity contribution is 6.18. The highest BCUT2D eigenvalue weighted by atomic mass is 16.5. The zero-order chi connectivity index (χ0) is 44.2. The van der Waals surface area contributed by atoms with Crippen LogP contribution in [0.4, 0.5) is 5.69 Å². The molecule has 0 saturated carbocycles. The Hall–Kier alpha value is -4.25. The second-order valence-corrected chi connectivity index (χ2v) is 21.9. The van der Waals surface area contributed by atoms with Gasteiger partial charge in [0.05, 0.1) is 17.6 Å². The summed E-state index contributed by atoms with van der Waals surface area (Å²) in [5.74, 6) is 2.26. The first-order chi connectivity index (χ1) is 29.3. The van der Waals surface area contributed by atoms with Gasteiger partial charge in [-0.2, -0.15) is 0 Å². The van der Waals surface area contributed by atoms with E-state index in [1.54, 1.807) is 4.90 Å². The van der Waals surface area contributed by atoms with E-state index in [2.05, 4.69) is 149 Å². The van der Waals surface area contributed by atoms with Crippen LogP contribution >= 0.6 is 0 Å². The lowest BCUT2D eigenvalue weighted by atomic mass is 9.66. The number of carbonyl (C=O) groups excluding carboxylic acids is 2. The van der Waals surface area contributed by atoms with Gasteiger partial charge in [-0.1, -0.05) is 80.5 Å². The lowest BCUT2D eigenvalue weighted by Gasteiger charge is -2.49. The van der Waals surface area contributed by atoms with Crippen LogP contribution in [-0.2, 0) is 9.59 Å². The van der Waals surface area contributed by atoms with Crippen molar-refractivity contribution >= 4 is 28.5 Å². The topological polar surface area (TPSA) is 88.2 Å². The maximum absolute atomic E-state index is 14.1. The number of benzene rings is 2. The van der Waals surface area contributed by atoms with Crippen LogP contribution in [-0.4, -0.2) is 127 Å². The summed E-state index contributed by atoms with van der Waals surface area (Å²) < 4.78 is 6.49. The van der Waals surface area contributed by atoms with E-state index in [9.17, 15) is 9.59 Å². The highest BCUT2D eigenvalue weighted by Gasteiger charge is 2.47. The number of ether oxygens (including phenoxy) is 1. The Morgan fingerprint density at radius 1 is 0.758 bits per heavy atom. The van der Waals surface area contributed by atoms with Crippen LogP contribution in [0.5, 0.6) is 5.75 Å². The number of imide groups is 1. The van der Waals surface area contributed by atoms with Crippen molar-refractivity contribution in [3.8, 4) is 17.1 Å². The Morgan fingerprint density at radius 2 is 1.39 bits per heavy atom. The third-order valence-electron chi connectivity index (χ3n) is 16.2. The summed E-state index contributed by atoms with van der Waals surface area (Å²) in [6, 6.07) is 14.9. The van der Waals surface area contributed by atoms with E-state index in [0.29, 0.717) is 19.1 Å². The molecule has 2 saturated heterocycles. The number of aromatic nitrogens is 2. The van der Waals surface area contributed by atoms with Crippen molar-refractivity contribution in [2.45, 2.75) is 81.6 Å². The molecule has 5 aliphatic rings. The third kappa shape index (κ3) is 8.81. The van der Waals surface area contributed by atoms with E-state index in [1.165, 1.54) is 5.69 Å². The minimum absolute atomic E-state index is 0.00874. The van der Waals surface area contributed by atoms with E-state index in [-0.39, 0.29) is 39.4 Å². The van der Waals surface area contributed by atoms with E-state index in [1.807, 2.05) is 6.08 Å². The molecule has 2 atom stereocenters. The van der Waals surface area contributed by atoms with Gasteiger partial charge in [0.15, 0.2) is 0 Å². The number of imidazole rings is 1. The van der Waals surface area contributed by atoms with Gasteiger partial charge in [0, 0.05) is 99.8 Å². The summed E-state index contributed by atoms with van der Waals surface area (Å²) in [5, 5.41) is 0. The van der Waals surface area contributed by atoms with Crippen LogP contribution in [0.3, 0.4) is 0 Å². The molecule has 2 amide bonds. The van der Waals surface area contributed by atoms with Crippen LogP contribution < -0.4 is 9.64 Å². The zero-order valence-electron chi connectivity index (χ0n) is 39.4. The van der Waals surface area contributed by atoms with Crippen molar-refractivity contribution in [2.24, 2.45) is 33.5 Å². The molecule has 1 N–H and O–H groups in total. The predicted octanol–water partition coefficient (Wildman–Crippen LogP) is 8.68. The van der Waals surface area contributed by atoms with Crippen molar-refractivity contribution in [1.82, 2.24) is 29.6 Å². The largest absolute Gasteiger partial charge is 0.493 e. The van der Waals surface area contributed by atoms with Gasteiger partial charge in [-0.25, -0.2) is 4.98 Å². The molecule has 10 nitrogen and oxygen atoms in total. The molecule has 8 rings (SSSR count). The number of hydrogen-bond acceptors (Lipinski definition) is 8. The van der Waals surface area contributed by atoms with Crippen molar-refractivity contribution < 1.29 is 14.3 Å². The van der Waals surface area contributed by atoms with Crippen LogP contribution in [0, 0.1) is 33.5 Å². The van der Waals surface area contributed by atoms with Gasteiger partial charge in [-0.05, 0) is 102 Å². The van der Waals surface area contributed by atoms with Crippen LogP contribution in [0.25, 0.3) is 22.4 Å². The Bertz CT molecular complexity index is 2230. The summed E-state index contributed by atoms with van der Waals surface area (Å²) in [5.41, 5.74) is 6.38. The van der Waals surface area contributed by atoms with E-state index in [4.69, 9.17) is 9.72 Å². The summed E-state index contributed by atoms with van der Waals surface area (Å²) in [6.45, 7) is 32.0. The smallest absolute Gasteiger partial charge is 0.261 e. The normalized spacial score (nSPS) is 22.6. The number of allylic oxidation sites excluding steroid dienone is 2. The van der Waals surface area contributed by atoms with Crippen LogP contribution in [0.15, 0.2) is 77.4 Å². The fourth-order valence-corrected chi connectivity index (χ4v) is 10.1. The molecule has 0 bridgehead atoms. The Balaban J connectivity index is 0.823. The van der Waals surface area contributed by atoms with Gasteiger partial charge in [-0.3, -0.25) is 14.5 Å². The first kappa shape index (κ1) is 44.4. The van der Waals surface area contributed by atoms with Crippen LogP contribution in [0.2, 0.25) is 0 Å². The minimum Gasteiger partial charge on any atom is -0.493 e. The van der Waals surface area contributed by atoms with Gasteiger partial charge in [0.1, 0.15) is 11.6 Å². The summed E-state index contributed by atoms with van der Waals surface area (Å²) in [6.07, 6.45) is 9.10. The van der Waals surface area contributed by atoms with Gasteiger partial charge >= 0.3 is 0 Å². The number of anilines is 1. The lowest BCUT2D eigenvalue weighted by Crippen LogP contribution is -2.56. The maximum atomic E-state index is 14.1. The number of rotatable bonds is 13. The molecule has 62 heavy (non-hydrogen) atoms. The Kier molecular flexibility index (Phi) is 12.2. The average molecular weight is 844 g/mol. The maximum Gasteiger partial charge on any atom is 0.261 e. The van der Waals surface area contributed by atoms with Crippen molar-refractivity contribution in [3.05, 3.63) is 77.4 Å². The number of likely N-dealkylation sites (N-methyl/N-ethyl adjacent to an activating group) is 1. The molecule has 2 fully saturated rings. The van der Waals surface area contributed by atoms with Crippen molar-refractivity contribution in [3.63, 3.8) is 0 Å². The molecule has 2 aliphatic carbocycles.